The average molecular weight is 290 g/mol. The molecule has 1 rings (SSSR count). The number of aromatic nitrogens is 2. The van der Waals surface area contributed by atoms with Gasteiger partial charge in [0, 0.05) is 18.7 Å². The molecule has 0 aliphatic rings. The van der Waals surface area contributed by atoms with Crippen molar-refractivity contribution in [1.29, 1.82) is 0 Å². The third kappa shape index (κ3) is 5.22. The van der Waals surface area contributed by atoms with Crippen LogP contribution in [0.1, 0.15) is 45.1 Å². The van der Waals surface area contributed by atoms with E-state index < -0.39 is 12.6 Å². The van der Waals surface area contributed by atoms with Crippen molar-refractivity contribution in [3.05, 3.63) is 11.9 Å². The Hall–Kier alpha value is -1.53. The summed E-state index contributed by atoms with van der Waals surface area (Å²) in [5.74, 6) is 1.27. The van der Waals surface area contributed by atoms with Gasteiger partial charge in [-0.25, -0.2) is 9.97 Å². The molecule has 1 aromatic heterocycles. The number of nitrogens with one attached hydrogen (secondary N) is 2. The van der Waals surface area contributed by atoms with Crippen LogP contribution < -0.4 is 10.6 Å². The van der Waals surface area contributed by atoms with Crippen molar-refractivity contribution < 1.29 is 13.2 Å². The van der Waals surface area contributed by atoms with Crippen molar-refractivity contribution >= 4 is 11.6 Å². The maximum absolute atomic E-state index is 12.2. The van der Waals surface area contributed by atoms with E-state index in [0.717, 1.165) is 18.5 Å². The normalized spacial score (nSPS) is 11.8. The minimum absolute atomic E-state index is 0.115. The first-order valence-electron chi connectivity index (χ1n) is 6.74. The second kappa shape index (κ2) is 7.31. The van der Waals surface area contributed by atoms with Gasteiger partial charge >= 0.3 is 6.18 Å². The monoisotopic (exact) mass is 290 g/mol. The predicted octanol–water partition coefficient (Wildman–Crippen LogP) is 3.79. The maximum atomic E-state index is 12.2. The van der Waals surface area contributed by atoms with E-state index in [0.29, 0.717) is 11.6 Å². The Morgan fingerprint density at radius 3 is 2.10 bits per heavy atom. The molecule has 1 heterocycles. The Labute approximate surface area is 117 Å². The Kier molecular flexibility index (Phi) is 6.04. The fourth-order valence-electron chi connectivity index (χ4n) is 1.79. The van der Waals surface area contributed by atoms with Crippen LogP contribution in [0.25, 0.3) is 0 Å². The minimum Gasteiger partial charge on any atom is -0.370 e. The SMILES string of the molecule is CCCNc1ncnc(NCCC(F)(F)F)c1C(C)C. The van der Waals surface area contributed by atoms with Crippen LogP contribution in [-0.2, 0) is 0 Å². The first-order chi connectivity index (χ1) is 9.35. The van der Waals surface area contributed by atoms with Gasteiger partial charge in [-0.05, 0) is 12.3 Å². The molecular formula is C13H21F3N4. The van der Waals surface area contributed by atoms with Gasteiger partial charge in [0.15, 0.2) is 0 Å². The lowest BCUT2D eigenvalue weighted by atomic mass is 10.0. The van der Waals surface area contributed by atoms with Gasteiger partial charge in [-0.1, -0.05) is 20.8 Å². The predicted molar refractivity (Wildman–Crippen MR) is 74.1 cm³/mol. The summed E-state index contributed by atoms with van der Waals surface area (Å²) in [6.45, 7) is 6.54. The lowest BCUT2D eigenvalue weighted by Crippen LogP contribution is -2.17. The lowest BCUT2D eigenvalue weighted by Gasteiger charge is -2.18. The molecule has 0 unspecified atom stereocenters. The summed E-state index contributed by atoms with van der Waals surface area (Å²) < 4.78 is 36.5. The molecule has 0 saturated heterocycles. The van der Waals surface area contributed by atoms with Crippen LogP contribution in [0, 0.1) is 0 Å². The second-order valence-electron chi connectivity index (χ2n) is 4.86. The molecule has 2 N–H and O–H groups in total. The van der Waals surface area contributed by atoms with Crippen LogP contribution in [0.5, 0.6) is 0 Å². The van der Waals surface area contributed by atoms with Crippen LogP contribution in [0.2, 0.25) is 0 Å². The molecule has 0 bridgehead atoms. The van der Waals surface area contributed by atoms with Gasteiger partial charge in [-0.15, -0.1) is 0 Å². The van der Waals surface area contributed by atoms with Crippen LogP contribution in [0.3, 0.4) is 0 Å². The van der Waals surface area contributed by atoms with Crippen LogP contribution in [0.15, 0.2) is 6.33 Å². The van der Waals surface area contributed by atoms with E-state index in [-0.39, 0.29) is 12.5 Å². The van der Waals surface area contributed by atoms with Crippen LogP contribution in [0.4, 0.5) is 24.8 Å². The topological polar surface area (TPSA) is 49.8 Å². The Bertz CT molecular complexity index is 419. The summed E-state index contributed by atoms with van der Waals surface area (Å²) >= 11 is 0. The molecular weight excluding hydrogens is 269 g/mol. The van der Waals surface area contributed by atoms with E-state index in [1.165, 1.54) is 6.33 Å². The number of halogens is 3. The number of rotatable bonds is 7. The van der Waals surface area contributed by atoms with Crippen LogP contribution >= 0.6 is 0 Å². The molecule has 0 saturated carbocycles. The van der Waals surface area contributed by atoms with Crippen molar-refractivity contribution in [3.8, 4) is 0 Å². The quantitative estimate of drug-likeness (QED) is 0.802. The van der Waals surface area contributed by atoms with Gasteiger partial charge in [-0.3, -0.25) is 0 Å². The summed E-state index contributed by atoms with van der Waals surface area (Å²) in [5.41, 5.74) is 0.822. The highest BCUT2D eigenvalue weighted by atomic mass is 19.4. The molecule has 0 amide bonds. The molecule has 114 valence electrons. The number of hydrogen-bond donors (Lipinski definition) is 2. The van der Waals surface area contributed by atoms with Gasteiger partial charge in [0.05, 0.1) is 6.42 Å². The van der Waals surface area contributed by atoms with Gasteiger partial charge in [0.2, 0.25) is 0 Å². The third-order valence-electron chi connectivity index (χ3n) is 2.70. The number of alkyl halides is 3. The zero-order valence-corrected chi connectivity index (χ0v) is 12.0. The van der Waals surface area contributed by atoms with Gasteiger partial charge in [0.25, 0.3) is 0 Å². The van der Waals surface area contributed by atoms with Gasteiger partial charge < -0.3 is 10.6 Å². The largest absolute Gasteiger partial charge is 0.390 e. The zero-order chi connectivity index (χ0) is 15.2. The average Bonchev–Trinajstić information content (AvgIpc) is 2.34. The highest BCUT2D eigenvalue weighted by molar-refractivity contribution is 5.58. The molecule has 0 atom stereocenters. The molecule has 0 spiro atoms. The van der Waals surface area contributed by atoms with E-state index in [1.54, 1.807) is 0 Å². The van der Waals surface area contributed by atoms with E-state index in [9.17, 15) is 13.2 Å². The summed E-state index contributed by atoms with van der Waals surface area (Å²) in [5, 5.41) is 5.93. The zero-order valence-electron chi connectivity index (χ0n) is 12.0. The minimum atomic E-state index is -4.17. The van der Waals surface area contributed by atoms with Crippen molar-refractivity contribution in [3.63, 3.8) is 0 Å². The highest BCUT2D eigenvalue weighted by Gasteiger charge is 2.26. The summed E-state index contributed by atoms with van der Waals surface area (Å²) in [6.07, 6.45) is -2.74. The molecule has 0 radical (unpaired) electrons. The number of anilines is 2. The number of hydrogen-bond acceptors (Lipinski definition) is 4. The molecule has 20 heavy (non-hydrogen) atoms. The third-order valence-corrected chi connectivity index (χ3v) is 2.70. The van der Waals surface area contributed by atoms with Gasteiger partial charge in [-0.2, -0.15) is 13.2 Å². The van der Waals surface area contributed by atoms with E-state index in [4.69, 9.17) is 0 Å². The molecule has 4 nitrogen and oxygen atoms in total. The van der Waals surface area contributed by atoms with E-state index in [2.05, 4.69) is 20.6 Å². The number of nitrogens with zero attached hydrogens (tertiary/aromatic N) is 2. The van der Waals surface area contributed by atoms with Crippen molar-refractivity contribution in [2.45, 2.75) is 45.7 Å². The second-order valence-corrected chi connectivity index (χ2v) is 4.86. The summed E-state index contributed by atoms with van der Waals surface area (Å²) in [4.78, 5) is 8.23. The standard InChI is InChI=1S/C13H21F3N4/c1-4-6-17-11-10(9(2)3)12(20-8-19-11)18-7-5-13(14,15)16/h8-9H,4-7H2,1-3H3,(H2,17,18,19,20). The van der Waals surface area contributed by atoms with E-state index >= 15 is 0 Å². The summed E-state index contributed by atoms with van der Waals surface area (Å²) in [7, 11) is 0. The first kappa shape index (κ1) is 16.5. The molecule has 0 aliphatic carbocycles. The highest BCUT2D eigenvalue weighted by Crippen LogP contribution is 2.28. The van der Waals surface area contributed by atoms with Gasteiger partial charge in [0.1, 0.15) is 18.0 Å². The molecule has 7 heteroatoms. The molecule has 0 aliphatic heterocycles. The molecule has 1 aromatic rings. The maximum Gasteiger partial charge on any atom is 0.390 e. The van der Waals surface area contributed by atoms with Crippen molar-refractivity contribution in [2.24, 2.45) is 0 Å². The van der Waals surface area contributed by atoms with E-state index in [1.807, 2.05) is 20.8 Å². The van der Waals surface area contributed by atoms with Crippen molar-refractivity contribution in [2.75, 3.05) is 23.7 Å². The Morgan fingerprint density at radius 2 is 1.65 bits per heavy atom. The fourth-order valence-corrected chi connectivity index (χ4v) is 1.79. The van der Waals surface area contributed by atoms with Crippen LogP contribution in [-0.4, -0.2) is 29.2 Å². The molecule has 0 aromatic carbocycles. The lowest BCUT2D eigenvalue weighted by molar-refractivity contribution is -0.131. The first-order valence-corrected chi connectivity index (χ1v) is 6.74. The smallest absolute Gasteiger partial charge is 0.370 e. The molecule has 0 fully saturated rings. The summed E-state index contributed by atoms with van der Waals surface area (Å²) in [6, 6.07) is 0. The Balaban J connectivity index is 2.83. The fraction of sp³-hybridized carbons (Fsp3) is 0.692. The Morgan fingerprint density at radius 1 is 1.10 bits per heavy atom. The van der Waals surface area contributed by atoms with Crippen molar-refractivity contribution in [1.82, 2.24) is 9.97 Å².